The van der Waals surface area contributed by atoms with Crippen LogP contribution in [0.1, 0.15) is 33.4 Å². The monoisotopic (exact) mass is 500 g/mol. The third-order valence-electron chi connectivity index (χ3n) is 6.16. The normalized spacial score (nSPS) is 15.0. The summed E-state index contributed by atoms with van der Waals surface area (Å²) in [5.41, 5.74) is 6.21. The molecule has 5 rings (SSSR count). The number of thioether (sulfide) groups is 2. The number of rotatable bonds is 7. The number of H-pyrrole nitrogens is 1. The van der Waals surface area contributed by atoms with E-state index in [-0.39, 0.29) is 5.97 Å². The number of hydrogen-bond acceptors (Lipinski definition) is 5. The van der Waals surface area contributed by atoms with Crippen LogP contribution >= 0.6 is 23.5 Å². The van der Waals surface area contributed by atoms with E-state index >= 15 is 0 Å². The Bertz CT molecular complexity index is 1270. The van der Waals surface area contributed by atoms with Crippen molar-refractivity contribution in [3.8, 4) is 0 Å². The number of nitrogens with zero attached hydrogens (tertiary/aromatic N) is 1. The molecular weight excluding hydrogens is 472 g/mol. The minimum atomic E-state index is -0.660. The minimum Gasteiger partial charge on any atom is -0.467 e. The highest BCUT2D eigenvalue weighted by Gasteiger charge is 2.28. The van der Waals surface area contributed by atoms with E-state index in [1.807, 2.05) is 90.3 Å². The number of carbonyl (C=O) groups excluding carboxylic acids is 1. The van der Waals surface area contributed by atoms with Gasteiger partial charge in [0.05, 0.1) is 17.4 Å². The highest BCUT2D eigenvalue weighted by atomic mass is 32.2. The van der Waals surface area contributed by atoms with Crippen LogP contribution in [0.25, 0.3) is 10.9 Å². The largest absolute Gasteiger partial charge is 0.467 e. The van der Waals surface area contributed by atoms with Gasteiger partial charge in [-0.15, -0.1) is 23.5 Å². The van der Waals surface area contributed by atoms with Gasteiger partial charge < -0.3 is 9.72 Å². The summed E-state index contributed by atoms with van der Waals surface area (Å²) < 4.78 is 5.59. The van der Waals surface area contributed by atoms with Crippen LogP contribution in [0.2, 0.25) is 0 Å². The van der Waals surface area contributed by atoms with Crippen LogP contribution in [-0.4, -0.2) is 41.3 Å². The first-order valence-corrected chi connectivity index (χ1v) is 13.9. The summed E-state index contributed by atoms with van der Waals surface area (Å²) in [6.07, 6.45) is 1.71. The Morgan fingerprint density at radius 1 is 0.943 bits per heavy atom. The van der Waals surface area contributed by atoms with Gasteiger partial charge in [-0.05, 0) is 29.6 Å². The Morgan fingerprint density at radius 3 is 2.17 bits per heavy atom. The maximum atomic E-state index is 13.1. The summed E-state index contributed by atoms with van der Waals surface area (Å²) in [7, 11) is 1.44. The molecule has 1 fully saturated rings. The summed E-state index contributed by atoms with van der Waals surface area (Å²) in [5.74, 6) is 1.98. The van der Waals surface area contributed by atoms with Crippen molar-refractivity contribution < 1.29 is 9.53 Å². The zero-order valence-corrected chi connectivity index (χ0v) is 21.3. The topological polar surface area (TPSA) is 54.5 Å². The SMILES string of the molecule is COC(=O)[C@H](Cc1c(C2SCCCS2)[nH]c2ccccc12)N=C(c1ccccc1)c1ccccc1. The third-order valence-corrected chi connectivity index (χ3v) is 9.10. The summed E-state index contributed by atoms with van der Waals surface area (Å²) in [6.45, 7) is 0. The molecule has 0 bridgehead atoms. The number of ether oxygens (including phenoxy) is 1. The fourth-order valence-corrected chi connectivity index (χ4v) is 7.40. The number of fused-ring (bicyclic) bond motifs is 1. The van der Waals surface area contributed by atoms with Crippen molar-refractivity contribution in [2.24, 2.45) is 4.99 Å². The molecule has 1 aliphatic rings. The van der Waals surface area contributed by atoms with Crippen molar-refractivity contribution >= 4 is 46.1 Å². The van der Waals surface area contributed by atoms with Gasteiger partial charge in [-0.25, -0.2) is 4.79 Å². The molecule has 35 heavy (non-hydrogen) atoms. The Hall–Kier alpha value is -2.96. The van der Waals surface area contributed by atoms with Gasteiger partial charge in [-0.1, -0.05) is 78.9 Å². The van der Waals surface area contributed by atoms with Gasteiger partial charge in [0, 0.05) is 34.1 Å². The van der Waals surface area contributed by atoms with Crippen molar-refractivity contribution in [2.45, 2.75) is 23.5 Å². The number of benzene rings is 3. The number of nitrogens with one attached hydrogen (secondary N) is 1. The summed E-state index contributed by atoms with van der Waals surface area (Å²) in [4.78, 5) is 21.9. The molecule has 1 saturated heterocycles. The lowest BCUT2D eigenvalue weighted by Gasteiger charge is -2.22. The van der Waals surface area contributed by atoms with Crippen molar-refractivity contribution in [2.75, 3.05) is 18.6 Å². The highest BCUT2D eigenvalue weighted by molar-refractivity contribution is 8.16. The van der Waals surface area contributed by atoms with Crippen LogP contribution in [-0.2, 0) is 16.0 Å². The lowest BCUT2D eigenvalue weighted by atomic mass is 9.99. The second-order valence-corrected chi connectivity index (χ2v) is 11.2. The van der Waals surface area contributed by atoms with Crippen LogP contribution in [0.4, 0.5) is 0 Å². The van der Waals surface area contributed by atoms with Crippen molar-refractivity contribution in [1.29, 1.82) is 0 Å². The van der Waals surface area contributed by atoms with E-state index in [2.05, 4.69) is 23.2 Å². The highest BCUT2D eigenvalue weighted by Crippen LogP contribution is 2.46. The number of para-hydroxylation sites is 1. The van der Waals surface area contributed by atoms with Crippen molar-refractivity contribution in [1.82, 2.24) is 4.98 Å². The number of aromatic amines is 1. The van der Waals surface area contributed by atoms with Gasteiger partial charge in [0.1, 0.15) is 0 Å². The van der Waals surface area contributed by atoms with Crippen LogP contribution in [0.5, 0.6) is 0 Å². The zero-order valence-electron chi connectivity index (χ0n) is 19.6. The molecule has 0 amide bonds. The minimum absolute atomic E-state index is 0.324. The summed E-state index contributed by atoms with van der Waals surface area (Å²) >= 11 is 3.95. The number of carbonyl (C=O) groups is 1. The first-order chi connectivity index (χ1) is 17.2. The molecule has 0 aliphatic carbocycles. The predicted octanol–water partition coefficient (Wildman–Crippen LogP) is 6.66. The predicted molar refractivity (Wildman–Crippen MR) is 149 cm³/mol. The Balaban J connectivity index is 1.61. The molecule has 0 radical (unpaired) electrons. The lowest BCUT2D eigenvalue weighted by Crippen LogP contribution is -2.25. The van der Waals surface area contributed by atoms with Crippen LogP contribution in [0, 0.1) is 0 Å². The van der Waals surface area contributed by atoms with E-state index in [0.717, 1.165) is 44.8 Å². The standard InChI is InChI=1S/C29H28N2O2S2/c1-33-28(32)25(31-26(20-11-4-2-5-12-20)21-13-6-3-7-14-21)19-23-22-15-8-9-16-24(22)30-27(23)29-34-17-10-18-35-29/h2-9,11-16,25,29-30H,10,17-19H2,1H3/t25-/m0/s1. The molecule has 0 spiro atoms. The lowest BCUT2D eigenvalue weighted by molar-refractivity contribution is -0.142. The molecule has 0 saturated carbocycles. The third kappa shape index (κ3) is 5.34. The number of methoxy groups -OCH3 is 1. The molecule has 178 valence electrons. The summed E-state index contributed by atoms with van der Waals surface area (Å²) in [5, 5.41) is 1.15. The Morgan fingerprint density at radius 2 is 1.54 bits per heavy atom. The molecule has 4 aromatic rings. The number of aliphatic imine (C=N–C) groups is 1. The van der Waals surface area contributed by atoms with Crippen molar-refractivity contribution in [3.05, 3.63) is 107 Å². The molecule has 1 atom stereocenters. The van der Waals surface area contributed by atoms with E-state index in [4.69, 9.17) is 9.73 Å². The first kappa shape index (κ1) is 23.8. The molecule has 1 aromatic heterocycles. The maximum absolute atomic E-state index is 13.1. The average molecular weight is 501 g/mol. The van der Waals surface area contributed by atoms with Crippen LogP contribution < -0.4 is 0 Å². The van der Waals surface area contributed by atoms with E-state index in [0.29, 0.717) is 11.0 Å². The fourth-order valence-electron chi connectivity index (χ4n) is 4.47. The second-order valence-electron chi connectivity index (χ2n) is 8.44. The van der Waals surface area contributed by atoms with Gasteiger partial charge in [0.2, 0.25) is 0 Å². The molecule has 2 heterocycles. The van der Waals surface area contributed by atoms with E-state index < -0.39 is 6.04 Å². The summed E-state index contributed by atoms with van der Waals surface area (Å²) in [6, 6.07) is 27.8. The van der Waals surface area contributed by atoms with Crippen LogP contribution in [0.15, 0.2) is 89.9 Å². The van der Waals surface area contributed by atoms with E-state index in [9.17, 15) is 4.79 Å². The Labute approximate surface area is 214 Å². The number of hydrogen-bond donors (Lipinski definition) is 1. The molecule has 3 aromatic carbocycles. The van der Waals surface area contributed by atoms with Gasteiger partial charge in [0.25, 0.3) is 0 Å². The molecule has 1 N–H and O–H groups in total. The molecular formula is C29H28N2O2S2. The number of aromatic nitrogens is 1. The Kier molecular flexibility index (Phi) is 7.60. The average Bonchev–Trinajstić information content (AvgIpc) is 3.30. The maximum Gasteiger partial charge on any atom is 0.330 e. The molecule has 4 nitrogen and oxygen atoms in total. The van der Waals surface area contributed by atoms with Gasteiger partial charge in [-0.2, -0.15) is 0 Å². The quantitative estimate of drug-likeness (QED) is 0.228. The number of esters is 1. The smallest absolute Gasteiger partial charge is 0.330 e. The molecule has 0 unspecified atom stereocenters. The van der Waals surface area contributed by atoms with Gasteiger partial charge in [-0.3, -0.25) is 4.99 Å². The van der Waals surface area contributed by atoms with E-state index in [1.165, 1.54) is 19.2 Å². The van der Waals surface area contributed by atoms with Crippen LogP contribution in [0.3, 0.4) is 0 Å². The molecule has 6 heteroatoms. The van der Waals surface area contributed by atoms with E-state index in [1.54, 1.807) is 0 Å². The second kappa shape index (κ2) is 11.2. The van der Waals surface area contributed by atoms with Gasteiger partial charge >= 0.3 is 5.97 Å². The first-order valence-electron chi connectivity index (χ1n) is 11.8. The van der Waals surface area contributed by atoms with Gasteiger partial charge in [0.15, 0.2) is 6.04 Å². The van der Waals surface area contributed by atoms with Crippen molar-refractivity contribution in [3.63, 3.8) is 0 Å². The molecule has 1 aliphatic heterocycles. The fraction of sp³-hybridized carbons (Fsp3) is 0.241. The zero-order chi connectivity index (χ0) is 24.0.